The van der Waals surface area contributed by atoms with Crippen LogP contribution in [-0.2, 0) is 11.5 Å². The molecule has 86 valence electrons. The summed E-state index contributed by atoms with van der Waals surface area (Å²) in [7, 11) is 0. The number of aromatic nitrogens is 2. The predicted molar refractivity (Wildman–Crippen MR) is 65.2 cm³/mol. The van der Waals surface area contributed by atoms with Crippen molar-refractivity contribution in [2.75, 3.05) is 0 Å². The maximum atomic E-state index is 10.6. The smallest absolute Gasteiger partial charge is 0.258 e. The fourth-order valence-electron chi connectivity index (χ4n) is 1.88. The summed E-state index contributed by atoms with van der Waals surface area (Å²) >= 11 is 1.86. The SMILES string of the molecule is O=[N+]([O-])c1ccc(-n2ncc3c2CSC3)cc1. The van der Waals surface area contributed by atoms with Gasteiger partial charge in [0, 0.05) is 29.2 Å². The second-order valence-corrected chi connectivity index (χ2v) is 4.78. The first-order valence-corrected chi connectivity index (χ1v) is 6.29. The standard InChI is InChI=1S/C11H9N3O2S/c15-14(16)10-3-1-9(2-4-10)13-11-7-17-6-8(11)5-12-13/h1-5H,6-7H2. The molecule has 1 aliphatic rings. The molecule has 2 heterocycles. The molecular formula is C11H9N3O2S. The molecule has 5 nitrogen and oxygen atoms in total. The van der Waals surface area contributed by atoms with E-state index in [1.807, 2.05) is 22.6 Å². The van der Waals surface area contributed by atoms with Crippen molar-refractivity contribution in [2.24, 2.45) is 0 Å². The zero-order chi connectivity index (χ0) is 11.8. The van der Waals surface area contributed by atoms with E-state index >= 15 is 0 Å². The molecule has 0 fully saturated rings. The molecule has 3 rings (SSSR count). The number of benzene rings is 1. The first-order valence-electron chi connectivity index (χ1n) is 5.14. The number of non-ortho nitro benzene ring substituents is 1. The third-order valence-corrected chi connectivity index (χ3v) is 3.75. The number of hydrogen-bond donors (Lipinski definition) is 0. The van der Waals surface area contributed by atoms with Crippen molar-refractivity contribution in [3.8, 4) is 5.69 Å². The fraction of sp³-hybridized carbons (Fsp3) is 0.182. The molecule has 0 saturated heterocycles. The predicted octanol–water partition coefficient (Wildman–Crippen LogP) is 2.53. The fourth-order valence-corrected chi connectivity index (χ4v) is 2.94. The Morgan fingerprint density at radius 1 is 1.29 bits per heavy atom. The van der Waals surface area contributed by atoms with Gasteiger partial charge in [-0.25, -0.2) is 4.68 Å². The van der Waals surface area contributed by atoms with Crippen LogP contribution in [0.15, 0.2) is 30.5 Å². The Balaban J connectivity index is 2.01. The zero-order valence-corrected chi connectivity index (χ0v) is 9.68. The number of hydrogen-bond acceptors (Lipinski definition) is 4. The first-order chi connectivity index (χ1) is 8.25. The number of thioether (sulfide) groups is 1. The maximum Gasteiger partial charge on any atom is 0.269 e. The van der Waals surface area contributed by atoms with Gasteiger partial charge >= 0.3 is 0 Å². The van der Waals surface area contributed by atoms with Gasteiger partial charge in [-0.15, -0.1) is 0 Å². The summed E-state index contributed by atoms with van der Waals surface area (Å²) in [5.41, 5.74) is 3.43. The van der Waals surface area contributed by atoms with Crippen molar-refractivity contribution < 1.29 is 4.92 Å². The summed E-state index contributed by atoms with van der Waals surface area (Å²) in [6, 6.07) is 6.47. The minimum absolute atomic E-state index is 0.104. The molecule has 0 unspecified atom stereocenters. The van der Waals surface area contributed by atoms with Gasteiger partial charge in [-0.05, 0) is 12.1 Å². The summed E-state index contributed by atoms with van der Waals surface area (Å²) < 4.78 is 1.86. The van der Waals surface area contributed by atoms with E-state index in [2.05, 4.69) is 5.10 Å². The maximum absolute atomic E-state index is 10.6. The lowest BCUT2D eigenvalue weighted by atomic mass is 10.2. The van der Waals surface area contributed by atoms with E-state index in [9.17, 15) is 10.1 Å². The normalized spacial score (nSPS) is 13.6. The molecule has 1 aromatic carbocycles. The quantitative estimate of drug-likeness (QED) is 0.604. The van der Waals surface area contributed by atoms with Crippen LogP contribution < -0.4 is 0 Å². The lowest BCUT2D eigenvalue weighted by Crippen LogP contribution is -2.00. The summed E-state index contributed by atoms with van der Waals surface area (Å²) in [6.07, 6.45) is 1.87. The van der Waals surface area contributed by atoms with Crippen LogP contribution in [0, 0.1) is 10.1 Å². The lowest BCUT2D eigenvalue weighted by molar-refractivity contribution is -0.384. The van der Waals surface area contributed by atoms with Gasteiger partial charge in [0.05, 0.1) is 22.5 Å². The monoisotopic (exact) mass is 247 g/mol. The van der Waals surface area contributed by atoms with E-state index in [0.717, 1.165) is 17.2 Å². The van der Waals surface area contributed by atoms with Crippen LogP contribution >= 0.6 is 11.8 Å². The highest BCUT2D eigenvalue weighted by Crippen LogP contribution is 2.31. The van der Waals surface area contributed by atoms with E-state index in [4.69, 9.17) is 0 Å². The molecule has 0 bridgehead atoms. The van der Waals surface area contributed by atoms with Gasteiger partial charge in [0.1, 0.15) is 0 Å². The Kier molecular flexibility index (Phi) is 2.36. The molecule has 2 aromatic rings. The number of nitro benzene ring substituents is 1. The largest absolute Gasteiger partial charge is 0.269 e. The highest BCUT2D eigenvalue weighted by atomic mass is 32.2. The average molecular weight is 247 g/mol. The van der Waals surface area contributed by atoms with Crippen LogP contribution in [0.1, 0.15) is 11.3 Å². The highest BCUT2D eigenvalue weighted by Gasteiger charge is 2.18. The molecule has 6 heteroatoms. The minimum Gasteiger partial charge on any atom is -0.258 e. The molecule has 0 N–H and O–H groups in total. The minimum atomic E-state index is -0.396. The molecule has 17 heavy (non-hydrogen) atoms. The Hall–Kier alpha value is -1.82. The summed E-state index contributed by atoms with van der Waals surface area (Å²) in [5, 5.41) is 14.9. The third-order valence-electron chi connectivity index (χ3n) is 2.76. The van der Waals surface area contributed by atoms with Crippen LogP contribution in [-0.4, -0.2) is 14.7 Å². The van der Waals surface area contributed by atoms with Crippen molar-refractivity contribution in [3.05, 3.63) is 51.8 Å². The van der Waals surface area contributed by atoms with E-state index in [-0.39, 0.29) is 5.69 Å². The van der Waals surface area contributed by atoms with E-state index in [1.54, 1.807) is 12.1 Å². The molecule has 0 aliphatic carbocycles. The van der Waals surface area contributed by atoms with Crippen LogP contribution in [0.3, 0.4) is 0 Å². The Bertz CT molecular complexity index is 577. The molecular weight excluding hydrogens is 238 g/mol. The molecule has 0 atom stereocenters. The highest BCUT2D eigenvalue weighted by molar-refractivity contribution is 7.98. The van der Waals surface area contributed by atoms with Crippen LogP contribution in [0.4, 0.5) is 5.69 Å². The van der Waals surface area contributed by atoms with Crippen molar-refractivity contribution in [3.63, 3.8) is 0 Å². The van der Waals surface area contributed by atoms with Gasteiger partial charge in [-0.3, -0.25) is 10.1 Å². The van der Waals surface area contributed by atoms with Crippen LogP contribution in [0.25, 0.3) is 5.69 Å². The van der Waals surface area contributed by atoms with Gasteiger partial charge in [-0.1, -0.05) is 0 Å². The van der Waals surface area contributed by atoms with Crippen molar-refractivity contribution in [2.45, 2.75) is 11.5 Å². The van der Waals surface area contributed by atoms with Crippen LogP contribution in [0.2, 0.25) is 0 Å². The molecule has 0 saturated carbocycles. The van der Waals surface area contributed by atoms with Gasteiger partial charge in [0.25, 0.3) is 5.69 Å². The molecule has 1 aromatic heterocycles. The molecule has 0 amide bonds. The Morgan fingerprint density at radius 2 is 2.06 bits per heavy atom. The van der Waals surface area contributed by atoms with Gasteiger partial charge < -0.3 is 0 Å². The summed E-state index contributed by atoms with van der Waals surface area (Å²) in [6.45, 7) is 0. The van der Waals surface area contributed by atoms with Gasteiger partial charge in [0.2, 0.25) is 0 Å². The first kappa shape index (κ1) is 10.3. The number of fused-ring (bicyclic) bond motifs is 1. The van der Waals surface area contributed by atoms with Crippen molar-refractivity contribution >= 4 is 17.4 Å². The molecule has 1 aliphatic heterocycles. The van der Waals surface area contributed by atoms with Crippen molar-refractivity contribution in [1.82, 2.24) is 9.78 Å². The van der Waals surface area contributed by atoms with Crippen molar-refractivity contribution in [1.29, 1.82) is 0 Å². The van der Waals surface area contributed by atoms with E-state index in [0.29, 0.717) is 0 Å². The van der Waals surface area contributed by atoms with Gasteiger partial charge in [-0.2, -0.15) is 16.9 Å². The third kappa shape index (κ3) is 1.70. The van der Waals surface area contributed by atoms with Crippen LogP contribution in [0.5, 0.6) is 0 Å². The zero-order valence-electron chi connectivity index (χ0n) is 8.87. The van der Waals surface area contributed by atoms with E-state index in [1.165, 1.54) is 23.4 Å². The number of rotatable bonds is 2. The summed E-state index contributed by atoms with van der Waals surface area (Å²) in [4.78, 5) is 10.2. The summed E-state index contributed by atoms with van der Waals surface area (Å²) in [5.74, 6) is 1.95. The molecule has 0 radical (unpaired) electrons. The molecule has 0 spiro atoms. The second-order valence-electron chi connectivity index (χ2n) is 3.79. The topological polar surface area (TPSA) is 61.0 Å². The van der Waals surface area contributed by atoms with Gasteiger partial charge in [0.15, 0.2) is 0 Å². The van der Waals surface area contributed by atoms with E-state index < -0.39 is 4.92 Å². The lowest BCUT2D eigenvalue weighted by Gasteiger charge is -2.04. The second kappa shape index (κ2) is 3.89. The number of nitrogens with zero attached hydrogens (tertiary/aromatic N) is 3. The Labute approximate surface area is 102 Å². The average Bonchev–Trinajstić information content (AvgIpc) is 2.90. The Morgan fingerprint density at radius 3 is 2.76 bits per heavy atom. The number of nitro groups is 1.